The second-order valence-electron chi connectivity index (χ2n) is 8.01. The molecule has 5 heterocycles. The van der Waals surface area contributed by atoms with Gasteiger partial charge < -0.3 is 31.5 Å². The summed E-state index contributed by atoms with van der Waals surface area (Å²) in [7, 11) is 0. The number of hydrogen-bond acceptors (Lipinski definition) is 13. The van der Waals surface area contributed by atoms with E-state index in [4.69, 9.17) is 16.3 Å². The quantitative estimate of drug-likeness (QED) is 0.0811. The first-order valence-corrected chi connectivity index (χ1v) is 12.8. The number of alkyl halides is 1. The van der Waals surface area contributed by atoms with Crippen LogP contribution >= 0.6 is 23.3 Å². The highest BCUT2D eigenvalue weighted by Crippen LogP contribution is 2.40. The SMILES string of the molecule is Nc1ccc2n(cc[n+]2CC2=C(C(=O)[O-])N3C(=O)[C@@H](NC(=O)/C(=N\OCCF)c4nsc(N)n4)[C@H]3SC2)n1. The van der Waals surface area contributed by atoms with Gasteiger partial charge in [-0.05, 0) is 6.07 Å². The second-order valence-corrected chi connectivity index (χ2v) is 9.89. The molecule has 5 rings (SSSR count). The van der Waals surface area contributed by atoms with Gasteiger partial charge >= 0.3 is 5.65 Å². The first-order chi connectivity index (χ1) is 18.3. The standard InChI is InChI=1S/C20H19FN10O5S2/c21-3-6-36-27-12(15-25-20(23)38-28-15)16(32)24-13-17(33)31-14(19(34)35)9(8-37-18(13)31)7-29-4-5-30-11(29)2-1-10(22)26-30/h1-2,4-5,13,18H,3,6-8H2,(H5-,22,23,24,25,26,28,32,34,35)/b27-12-/t13-,18-/m1/s1. The minimum Gasteiger partial charge on any atom is -0.543 e. The van der Waals surface area contributed by atoms with Gasteiger partial charge in [-0.15, -0.1) is 11.8 Å². The summed E-state index contributed by atoms with van der Waals surface area (Å²) < 4.78 is 19.7. The largest absolute Gasteiger partial charge is 0.543 e. The molecule has 3 aromatic rings. The number of thioether (sulfide) groups is 1. The summed E-state index contributed by atoms with van der Waals surface area (Å²) in [6.45, 7) is -1.10. The van der Waals surface area contributed by atoms with Crippen LogP contribution in [0.4, 0.5) is 15.3 Å². The van der Waals surface area contributed by atoms with Gasteiger partial charge in [0.1, 0.15) is 37.4 Å². The van der Waals surface area contributed by atoms with Crippen LogP contribution < -0.4 is 26.5 Å². The van der Waals surface area contributed by atoms with Gasteiger partial charge in [0.05, 0.1) is 11.7 Å². The Morgan fingerprint density at radius 2 is 2.18 bits per heavy atom. The smallest absolute Gasteiger partial charge is 0.307 e. The van der Waals surface area contributed by atoms with Gasteiger partial charge in [0.25, 0.3) is 11.8 Å². The maximum Gasteiger partial charge on any atom is 0.307 e. The van der Waals surface area contributed by atoms with E-state index in [1.54, 1.807) is 33.6 Å². The van der Waals surface area contributed by atoms with Gasteiger partial charge in [0, 0.05) is 28.9 Å². The number of hydrogen-bond donors (Lipinski definition) is 3. The Morgan fingerprint density at radius 3 is 2.89 bits per heavy atom. The topological polar surface area (TPSA) is 210 Å². The third kappa shape index (κ3) is 4.58. The number of halogens is 1. The Hall–Kier alpha value is -4.32. The summed E-state index contributed by atoms with van der Waals surface area (Å²) in [6, 6.07) is 2.29. The number of carbonyl (C=O) groups is 3. The van der Waals surface area contributed by atoms with E-state index in [-0.39, 0.29) is 29.0 Å². The maximum atomic E-state index is 13.0. The molecule has 198 valence electrons. The molecular formula is C20H19FN10O5S2. The zero-order valence-corrected chi connectivity index (χ0v) is 20.9. The van der Waals surface area contributed by atoms with Crippen molar-refractivity contribution in [2.75, 3.05) is 30.5 Å². The van der Waals surface area contributed by atoms with E-state index in [1.165, 1.54) is 11.8 Å². The van der Waals surface area contributed by atoms with Gasteiger partial charge in [0.15, 0.2) is 17.1 Å². The van der Waals surface area contributed by atoms with E-state index in [1.807, 2.05) is 0 Å². The summed E-state index contributed by atoms with van der Waals surface area (Å²) in [5.74, 6) is -2.62. The minimum atomic E-state index is -1.51. The van der Waals surface area contributed by atoms with Crippen molar-refractivity contribution in [1.29, 1.82) is 0 Å². The summed E-state index contributed by atoms with van der Waals surface area (Å²) in [6.07, 6.45) is 3.38. The molecule has 3 aromatic heterocycles. The molecule has 0 aliphatic carbocycles. The number of carboxylic acids is 1. The van der Waals surface area contributed by atoms with Crippen molar-refractivity contribution in [3.05, 3.63) is 41.6 Å². The van der Waals surface area contributed by atoms with Crippen molar-refractivity contribution in [2.24, 2.45) is 5.16 Å². The van der Waals surface area contributed by atoms with E-state index in [0.29, 0.717) is 17.0 Å². The summed E-state index contributed by atoms with van der Waals surface area (Å²) in [4.78, 5) is 47.8. The van der Waals surface area contributed by atoms with Crippen molar-refractivity contribution in [3.63, 3.8) is 0 Å². The average molecular weight is 563 g/mol. The van der Waals surface area contributed by atoms with Crippen LogP contribution in [0.25, 0.3) is 5.65 Å². The number of nitrogen functional groups attached to an aromatic ring is 2. The molecule has 1 fully saturated rings. The van der Waals surface area contributed by atoms with Crippen molar-refractivity contribution in [3.8, 4) is 0 Å². The van der Waals surface area contributed by atoms with Gasteiger partial charge in [-0.1, -0.05) is 14.8 Å². The number of anilines is 2. The number of rotatable bonds is 9. The van der Waals surface area contributed by atoms with Crippen molar-refractivity contribution in [1.82, 2.24) is 29.2 Å². The molecule has 5 N–H and O–H groups in total. The fourth-order valence-corrected chi connectivity index (χ4v) is 5.77. The van der Waals surface area contributed by atoms with Crippen molar-refractivity contribution < 1.29 is 33.3 Å². The first kappa shape index (κ1) is 25.3. The highest BCUT2D eigenvalue weighted by Gasteiger charge is 2.53. The average Bonchev–Trinajstić information content (AvgIpc) is 3.50. The normalized spacial score (nSPS) is 19.3. The predicted octanol–water partition coefficient (Wildman–Crippen LogP) is -2.57. The Kier molecular flexibility index (Phi) is 6.81. The second kappa shape index (κ2) is 10.2. The zero-order chi connectivity index (χ0) is 27.0. The Balaban J connectivity index is 1.36. The van der Waals surface area contributed by atoms with Gasteiger partial charge in [-0.3, -0.25) is 14.5 Å². The number of β-lactam (4-membered cyclic amide) rings is 1. The molecule has 0 aromatic carbocycles. The summed E-state index contributed by atoms with van der Waals surface area (Å²) >= 11 is 2.08. The molecule has 2 aliphatic rings. The number of nitrogens with one attached hydrogen (secondary N) is 1. The highest BCUT2D eigenvalue weighted by atomic mass is 32.2. The molecular weight excluding hydrogens is 543 g/mol. The first-order valence-electron chi connectivity index (χ1n) is 11.0. The Bertz CT molecular complexity index is 1500. The van der Waals surface area contributed by atoms with E-state index in [9.17, 15) is 23.9 Å². The number of fused-ring (bicyclic) bond motifs is 2. The van der Waals surface area contributed by atoms with Gasteiger partial charge in [-0.2, -0.15) is 9.36 Å². The number of imidazole rings is 1. The number of carbonyl (C=O) groups excluding carboxylic acids is 3. The van der Waals surface area contributed by atoms with Crippen molar-refractivity contribution in [2.45, 2.75) is 18.0 Å². The van der Waals surface area contributed by atoms with Gasteiger partial charge in [0.2, 0.25) is 11.5 Å². The fraction of sp³-hybridized carbons (Fsp3) is 0.300. The van der Waals surface area contributed by atoms with Crippen LogP contribution in [-0.2, 0) is 25.8 Å². The maximum absolute atomic E-state index is 13.0. The molecule has 0 spiro atoms. The van der Waals surface area contributed by atoms with E-state index >= 15 is 0 Å². The molecule has 0 unspecified atom stereocenters. The van der Waals surface area contributed by atoms with Crippen LogP contribution in [0.5, 0.6) is 0 Å². The zero-order valence-electron chi connectivity index (χ0n) is 19.3. The lowest BCUT2D eigenvalue weighted by Crippen LogP contribution is -2.71. The number of aliphatic carboxylic acids is 1. The fourth-order valence-electron chi connectivity index (χ4n) is 4.00. The number of nitrogens with zero attached hydrogens (tertiary/aromatic N) is 7. The molecule has 1 saturated heterocycles. The van der Waals surface area contributed by atoms with E-state index in [0.717, 1.165) is 16.4 Å². The molecule has 0 saturated carbocycles. The van der Waals surface area contributed by atoms with Crippen LogP contribution in [-0.4, -0.2) is 77.8 Å². The number of oxime groups is 1. The Labute approximate surface area is 221 Å². The molecule has 0 bridgehead atoms. The van der Waals surface area contributed by atoms with Crippen molar-refractivity contribution >= 4 is 63.4 Å². The molecule has 2 amide bonds. The molecule has 2 aliphatic heterocycles. The predicted molar refractivity (Wildman–Crippen MR) is 130 cm³/mol. The third-order valence-electron chi connectivity index (χ3n) is 5.62. The number of carboxylic acid groups (broad SMARTS) is 1. The summed E-state index contributed by atoms with van der Waals surface area (Å²) in [5, 5.41) is 21.7. The van der Waals surface area contributed by atoms with Crippen LogP contribution in [0.2, 0.25) is 0 Å². The minimum absolute atomic E-state index is 0.0594. The van der Waals surface area contributed by atoms with E-state index < -0.39 is 48.2 Å². The van der Waals surface area contributed by atoms with Gasteiger partial charge in [-0.25, -0.2) is 8.96 Å². The highest BCUT2D eigenvalue weighted by molar-refractivity contribution is 8.00. The molecule has 0 radical (unpaired) electrons. The lowest BCUT2D eigenvalue weighted by atomic mass is 10.0. The molecule has 18 heteroatoms. The monoisotopic (exact) mass is 562 g/mol. The molecule has 2 atom stereocenters. The van der Waals surface area contributed by atoms with Crippen LogP contribution in [0.1, 0.15) is 5.82 Å². The summed E-state index contributed by atoms with van der Waals surface area (Å²) in [5.41, 5.74) is 11.7. The van der Waals surface area contributed by atoms with Crippen LogP contribution in [0.3, 0.4) is 0 Å². The number of amides is 2. The van der Waals surface area contributed by atoms with Crippen LogP contribution in [0.15, 0.2) is 41.0 Å². The third-order valence-corrected chi connectivity index (χ3v) is 7.51. The van der Waals surface area contributed by atoms with Crippen LogP contribution in [0, 0.1) is 0 Å². The number of aromatic nitrogens is 5. The molecule has 38 heavy (non-hydrogen) atoms. The lowest BCUT2D eigenvalue weighted by Gasteiger charge is -2.50. The Morgan fingerprint density at radius 1 is 1.37 bits per heavy atom. The lowest BCUT2D eigenvalue weighted by molar-refractivity contribution is -0.662. The van der Waals surface area contributed by atoms with E-state index in [2.05, 4.69) is 24.9 Å². The number of nitrogens with two attached hydrogens (primary N) is 2. The molecule has 15 nitrogen and oxygen atoms in total.